The maximum atomic E-state index is 13.7. The summed E-state index contributed by atoms with van der Waals surface area (Å²) in [5, 5.41) is 1.57. The number of hydrogen-bond acceptors (Lipinski definition) is 6. The first-order valence-corrected chi connectivity index (χ1v) is 9.36. The van der Waals surface area contributed by atoms with Crippen LogP contribution in [0.15, 0.2) is 41.3 Å². The average Bonchev–Trinajstić information content (AvgIpc) is 2.97. The third-order valence-corrected chi connectivity index (χ3v) is 5.02. The molecular formula is C20H16F2N2O5S. The fraction of sp³-hybridized carbons (Fsp3) is 0.150. The summed E-state index contributed by atoms with van der Waals surface area (Å²) in [4.78, 5) is 37.8. The molecule has 0 unspecified atom stereocenters. The maximum absolute atomic E-state index is 13.7. The van der Waals surface area contributed by atoms with Crippen molar-refractivity contribution >= 4 is 40.6 Å². The highest BCUT2D eigenvalue weighted by molar-refractivity contribution is 8.18. The number of nitrogens with one attached hydrogen (secondary N) is 1. The van der Waals surface area contributed by atoms with Gasteiger partial charge in [0.25, 0.3) is 11.1 Å². The molecule has 3 rings (SSSR count). The molecule has 1 fully saturated rings. The Bertz CT molecular complexity index is 1060. The number of halogens is 2. The van der Waals surface area contributed by atoms with E-state index in [0.29, 0.717) is 34.9 Å². The second-order valence-corrected chi connectivity index (χ2v) is 7.04. The summed E-state index contributed by atoms with van der Waals surface area (Å²) in [5.74, 6) is -2.24. The number of carbonyl (C=O) groups excluding carboxylic acids is 3. The van der Waals surface area contributed by atoms with Crippen molar-refractivity contribution < 1.29 is 32.6 Å². The van der Waals surface area contributed by atoms with Crippen LogP contribution in [0, 0.1) is 11.6 Å². The van der Waals surface area contributed by atoms with Gasteiger partial charge in [-0.25, -0.2) is 8.78 Å². The average molecular weight is 434 g/mol. The number of ether oxygens (including phenoxy) is 2. The van der Waals surface area contributed by atoms with Crippen molar-refractivity contribution in [2.45, 2.75) is 0 Å². The molecule has 1 heterocycles. The van der Waals surface area contributed by atoms with Crippen molar-refractivity contribution in [3.8, 4) is 11.5 Å². The van der Waals surface area contributed by atoms with Crippen LogP contribution in [0.2, 0.25) is 0 Å². The Balaban J connectivity index is 1.74. The van der Waals surface area contributed by atoms with Gasteiger partial charge in [-0.2, -0.15) is 0 Å². The summed E-state index contributed by atoms with van der Waals surface area (Å²) < 4.78 is 37.0. The lowest BCUT2D eigenvalue weighted by atomic mass is 10.1. The van der Waals surface area contributed by atoms with E-state index in [1.807, 2.05) is 0 Å². The van der Waals surface area contributed by atoms with Crippen molar-refractivity contribution in [3.63, 3.8) is 0 Å². The number of rotatable bonds is 6. The molecule has 10 heteroatoms. The van der Waals surface area contributed by atoms with E-state index < -0.39 is 35.2 Å². The first kappa shape index (κ1) is 21.3. The van der Waals surface area contributed by atoms with Crippen LogP contribution >= 0.6 is 11.8 Å². The van der Waals surface area contributed by atoms with Gasteiger partial charge in [-0.3, -0.25) is 19.3 Å². The normalized spacial score (nSPS) is 14.9. The van der Waals surface area contributed by atoms with Crippen molar-refractivity contribution in [2.24, 2.45) is 0 Å². The number of methoxy groups -OCH3 is 2. The lowest BCUT2D eigenvalue weighted by Gasteiger charge is -2.13. The quantitative estimate of drug-likeness (QED) is 0.699. The Hall–Kier alpha value is -3.40. The molecule has 2 aromatic rings. The minimum atomic E-state index is -0.969. The Morgan fingerprint density at radius 2 is 1.90 bits per heavy atom. The predicted octanol–water partition coefficient (Wildman–Crippen LogP) is 3.66. The predicted molar refractivity (Wildman–Crippen MR) is 107 cm³/mol. The molecule has 0 radical (unpaired) electrons. The topological polar surface area (TPSA) is 84.9 Å². The molecule has 0 spiro atoms. The van der Waals surface area contributed by atoms with Crippen LogP contribution in [-0.2, 0) is 9.59 Å². The van der Waals surface area contributed by atoms with Gasteiger partial charge in [0, 0.05) is 17.7 Å². The molecule has 0 saturated carbocycles. The second-order valence-electron chi connectivity index (χ2n) is 6.05. The fourth-order valence-corrected chi connectivity index (χ4v) is 3.47. The van der Waals surface area contributed by atoms with Gasteiger partial charge in [0.2, 0.25) is 5.91 Å². The molecule has 0 aliphatic carbocycles. The molecule has 1 saturated heterocycles. The van der Waals surface area contributed by atoms with Crippen LogP contribution in [0.4, 0.5) is 19.3 Å². The third-order valence-electron chi connectivity index (χ3n) is 4.11. The van der Waals surface area contributed by atoms with Crippen LogP contribution in [0.5, 0.6) is 11.5 Å². The minimum absolute atomic E-state index is 0.101. The third kappa shape index (κ3) is 4.60. The van der Waals surface area contributed by atoms with E-state index in [4.69, 9.17) is 9.47 Å². The van der Waals surface area contributed by atoms with Crippen LogP contribution < -0.4 is 14.8 Å². The van der Waals surface area contributed by atoms with Crippen LogP contribution in [0.3, 0.4) is 0 Å². The number of imide groups is 1. The van der Waals surface area contributed by atoms with Gasteiger partial charge in [0.15, 0.2) is 0 Å². The van der Waals surface area contributed by atoms with E-state index in [2.05, 4.69) is 5.32 Å². The van der Waals surface area contributed by atoms with Gasteiger partial charge in [0.05, 0.1) is 24.8 Å². The van der Waals surface area contributed by atoms with E-state index in [1.54, 1.807) is 18.2 Å². The molecule has 0 atom stereocenters. The number of thioether (sulfide) groups is 1. The van der Waals surface area contributed by atoms with Crippen molar-refractivity contribution in [1.29, 1.82) is 0 Å². The zero-order chi connectivity index (χ0) is 21.8. The Morgan fingerprint density at radius 1 is 1.13 bits per heavy atom. The monoisotopic (exact) mass is 434 g/mol. The molecule has 1 N–H and O–H groups in total. The molecule has 0 aromatic heterocycles. The van der Waals surface area contributed by atoms with Gasteiger partial charge in [-0.1, -0.05) is 0 Å². The summed E-state index contributed by atoms with van der Waals surface area (Å²) in [6.07, 6.45) is 1.47. The van der Waals surface area contributed by atoms with E-state index in [9.17, 15) is 23.2 Å². The molecular weight excluding hydrogens is 418 g/mol. The molecule has 1 aliphatic rings. The summed E-state index contributed by atoms with van der Waals surface area (Å²) in [7, 11) is 2.96. The lowest BCUT2D eigenvalue weighted by molar-refractivity contribution is -0.127. The van der Waals surface area contributed by atoms with Crippen molar-refractivity contribution in [1.82, 2.24) is 4.90 Å². The molecule has 2 aromatic carbocycles. The number of benzene rings is 2. The van der Waals surface area contributed by atoms with Crippen molar-refractivity contribution in [2.75, 3.05) is 26.1 Å². The first-order valence-electron chi connectivity index (χ1n) is 8.54. The number of carbonyl (C=O) groups is 3. The number of hydrogen-bond donors (Lipinski definition) is 1. The highest BCUT2D eigenvalue weighted by Crippen LogP contribution is 2.35. The Kier molecular flexibility index (Phi) is 6.36. The van der Waals surface area contributed by atoms with Gasteiger partial charge >= 0.3 is 0 Å². The van der Waals surface area contributed by atoms with E-state index in [-0.39, 0.29) is 10.6 Å². The van der Waals surface area contributed by atoms with E-state index in [1.165, 1.54) is 20.3 Å². The Labute approximate surface area is 174 Å². The molecule has 1 aliphatic heterocycles. The SMILES string of the molecule is COc1ccc(/C=C2/SC(=O)N(CC(=O)Nc3ccc(F)cc3F)C2=O)c(OC)c1. The van der Waals surface area contributed by atoms with E-state index >= 15 is 0 Å². The van der Waals surface area contributed by atoms with E-state index in [0.717, 1.165) is 17.0 Å². The second kappa shape index (κ2) is 8.95. The van der Waals surface area contributed by atoms with Crippen LogP contribution in [-0.4, -0.2) is 42.7 Å². The Morgan fingerprint density at radius 3 is 2.57 bits per heavy atom. The lowest BCUT2D eigenvalue weighted by Crippen LogP contribution is -2.36. The molecule has 156 valence electrons. The molecule has 0 bridgehead atoms. The smallest absolute Gasteiger partial charge is 0.294 e. The summed E-state index contributed by atoms with van der Waals surface area (Å²) in [6.45, 7) is -0.613. The number of nitrogens with zero attached hydrogens (tertiary/aromatic N) is 1. The molecule has 7 nitrogen and oxygen atoms in total. The van der Waals surface area contributed by atoms with Gasteiger partial charge < -0.3 is 14.8 Å². The minimum Gasteiger partial charge on any atom is -0.497 e. The zero-order valence-electron chi connectivity index (χ0n) is 15.9. The van der Waals surface area contributed by atoms with Crippen LogP contribution in [0.25, 0.3) is 6.08 Å². The summed E-state index contributed by atoms with van der Waals surface area (Å²) >= 11 is 0.667. The molecule has 30 heavy (non-hydrogen) atoms. The van der Waals surface area contributed by atoms with Gasteiger partial charge in [-0.05, 0) is 42.1 Å². The summed E-state index contributed by atoms with van der Waals surface area (Å²) in [6, 6.07) is 7.59. The maximum Gasteiger partial charge on any atom is 0.294 e. The number of amides is 3. The van der Waals surface area contributed by atoms with Crippen LogP contribution in [0.1, 0.15) is 5.56 Å². The zero-order valence-corrected chi connectivity index (χ0v) is 16.7. The number of anilines is 1. The highest BCUT2D eigenvalue weighted by atomic mass is 32.2. The molecule has 3 amide bonds. The summed E-state index contributed by atoms with van der Waals surface area (Å²) in [5.41, 5.74) is 0.286. The van der Waals surface area contributed by atoms with Gasteiger partial charge in [-0.15, -0.1) is 0 Å². The first-order chi connectivity index (χ1) is 14.3. The highest BCUT2D eigenvalue weighted by Gasteiger charge is 2.36. The fourth-order valence-electron chi connectivity index (χ4n) is 2.64. The van der Waals surface area contributed by atoms with Crippen molar-refractivity contribution in [3.05, 3.63) is 58.5 Å². The standard InChI is InChI=1S/C20H16F2N2O5S/c1-28-13-5-3-11(16(9-13)29-2)7-17-19(26)24(20(27)30-17)10-18(25)23-15-6-4-12(21)8-14(15)22/h3-9H,10H2,1-2H3,(H,23,25)/b17-7+. The largest absolute Gasteiger partial charge is 0.497 e. The van der Waals surface area contributed by atoms with Gasteiger partial charge in [0.1, 0.15) is 29.7 Å².